The number of ether oxygens (including phenoxy) is 1. The Kier molecular flexibility index (Phi) is 4.82. The first-order chi connectivity index (χ1) is 11.8. The molecule has 0 atom stereocenters. The van der Waals surface area contributed by atoms with E-state index in [-0.39, 0.29) is 17.7 Å². The molecule has 0 heterocycles. The molecular weight excluding hydrogens is 300 g/mol. The van der Waals surface area contributed by atoms with E-state index in [1.54, 1.807) is 30.6 Å². The molecule has 0 unspecified atom stereocenters. The summed E-state index contributed by atoms with van der Waals surface area (Å²) in [6.45, 7) is 0.136. The number of carbonyl (C=O) groups is 1. The molecule has 3 heteroatoms. The average Bonchev–Trinajstić information content (AvgIpc) is 2.67. The number of esters is 1. The van der Waals surface area contributed by atoms with E-state index in [1.165, 1.54) is 0 Å². The van der Waals surface area contributed by atoms with Gasteiger partial charge in [0, 0.05) is 5.56 Å². The van der Waals surface area contributed by atoms with Crippen LogP contribution < -0.4 is 0 Å². The molecule has 0 aliphatic carbocycles. The fourth-order valence-corrected chi connectivity index (χ4v) is 2.52. The molecule has 0 spiro atoms. The van der Waals surface area contributed by atoms with Crippen molar-refractivity contribution in [3.63, 3.8) is 0 Å². The minimum absolute atomic E-state index is 0.136. The highest BCUT2D eigenvalue weighted by molar-refractivity contribution is 5.98. The van der Waals surface area contributed by atoms with Gasteiger partial charge in [-0.3, -0.25) is 4.79 Å². The van der Waals surface area contributed by atoms with Crippen molar-refractivity contribution in [3.05, 3.63) is 95.6 Å². The molecule has 3 nitrogen and oxygen atoms in total. The molecule has 0 amide bonds. The largest absolute Gasteiger partial charge is 0.457 e. The molecule has 0 saturated heterocycles. The van der Waals surface area contributed by atoms with Crippen LogP contribution in [-0.4, -0.2) is 12.3 Å². The van der Waals surface area contributed by atoms with Crippen molar-refractivity contribution < 1.29 is 14.3 Å². The second-order valence-corrected chi connectivity index (χ2v) is 5.25. The highest BCUT2D eigenvalue weighted by Gasteiger charge is 2.13. The van der Waals surface area contributed by atoms with Crippen LogP contribution in [0, 0.1) is 0 Å². The Morgan fingerprint density at radius 2 is 1.50 bits per heavy atom. The van der Waals surface area contributed by atoms with E-state index in [2.05, 4.69) is 0 Å². The summed E-state index contributed by atoms with van der Waals surface area (Å²) in [4.78, 5) is 23.2. The van der Waals surface area contributed by atoms with Gasteiger partial charge in [-0.25, -0.2) is 4.79 Å². The van der Waals surface area contributed by atoms with Crippen molar-refractivity contribution in [2.75, 3.05) is 0 Å². The van der Waals surface area contributed by atoms with Gasteiger partial charge in [0.1, 0.15) is 6.61 Å². The highest BCUT2D eigenvalue weighted by atomic mass is 16.5. The summed E-state index contributed by atoms with van der Waals surface area (Å²) >= 11 is 0. The van der Waals surface area contributed by atoms with E-state index < -0.39 is 5.97 Å². The predicted octanol–water partition coefficient (Wildman–Crippen LogP) is 4.17. The van der Waals surface area contributed by atoms with Gasteiger partial charge in [-0.05, 0) is 22.8 Å². The molecule has 3 aromatic carbocycles. The molecule has 0 N–H and O–H groups in total. The van der Waals surface area contributed by atoms with Gasteiger partial charge in [0.15, 0.2) is 0 Å². The Morgan fingerprint density at radius 3 is 2.29 bits per heavy atom. The van der Waals surface area contributed by atoms with Crippen LogP contribution in [0.5, 0.6) is 0 Å². The van der Waals surface area contributed by atoms with E-state index in [9.17, 15) is 9.59 Å². The second-order valence-electron chi connectivity index (χ2n) is 5.25. The maximum Gasteiger partial charge on any atom is 0.339 e. The van der Waals surface area contributed by atoms with Gasteiger partial charge in [-0.15, -0.1) is 0 Å². The lowest BCUT2D eigenvalue weighted by molar-refractivity contribution is 0.0473. The van der Waals surface area contributed by atoms with Crippen molar-refractivity contribution in [1.82, 2.24) is 0 Å². The van der Waals surface area contributed by atoms with Crippen LogP contribution in [0.1, 0.15) is 21.5 Å². The smallest absolute Gasteiger partial charge is 0.339 e. The number of carbonyl (C=O) groups excluding carboxylic acids is 2. The van der Waals surface area contributed by atoms with E-state index in [1.807, 2.05) is 54.6 Å². The maximum atomic E-state index is 12.2. The third-order valence-electron chi connectivity index (χ3n) is 3.72. The monoisotopic (exact) mass is 315 g/mol. The Balaban J connectivity index is 1.81. The molecule has 0 aromatic heterocycles. The molecule has 0 aliphatic heterocycles. The van der Waals surface area contributed by atoms with Crippen LogP contribution in [-0.2, 0) is 16.1 Å². The lowest BCUT2D eigenvalue weighted by Gasteiger charge is -2.11. The molecule has 24 heavy (non-hydrogen) atoms. The number of benzene rings is 3. The first kappa shape index (κ1) is 15.7. The zero-order valence-electron chi connectivity index (χ0n) is 12.9. The van der Waals surface area contributed by atoms with Crippen LogP contribution in [0.15, 0.2) is 78.9 Å². The Morgan fingerprint density at radius 1 is 0.833 bits per heavy atom. The first-order valence-electron chi connectivity index (χ1n) is 7.57. The molecule has 3 aromatic rings. The van der Waals surface area contributed by atoms with Gasteiger partial charge >= 0.3 is 5.97 Å². The molecular formula is C21H15O3. The zero-order chi connectivity index (χ0) is 16.8. The van der Waals surface area contributed by atoms with Crippen LogP contribution in [0.4, 0.5) is 0 Å². The summed E-state index contributed by atoms with van der Waals surface area (Å²) in [5.74, 6) is -0.531. The van der Waals surface area contributed by atoms with Gasteiger partial charge in [-0.2, -0.15) is 0 Å². The van der Waals surface area contributed by atoms with Crippen molar-refractivity contribution >= 4 is 12.3 Å². The Labute approximate surface area is 140 Å². The van der Waals surface area contributed by atoms with Crippen LogP contribution in [0.3, 0.4) is 0 Å². The van der Waals surface area contributed by atoms with E-state index in [4.69, 9.17) is 4.74 Å². The van der Waals surface area contributed by atoms with Crippen molar-refractivity contribution in [1.29, 1.82) is 0 Å². The standard InChI is InChI=1S/C21H15O3/c22-14-17-10-4-7-13-20(17)21(23)24-15-18-11-5-6-12-19(18)16-8-2-1-3-9-16/h1-13H,15H2. The third-order valence-corrected chi connectivity index (χ3v) is 3.72. The number of hydrogen-bond acceptors (Lipinski definition) is 3. The van der Waals surface area contributed by atoms with Crippen molar-refractivity contribution in [3.8, 4) is 11.1 Å². The summed E-state index contributed by atoms with van der Waals surface area (Å²) in [5.41, 5.74) is 3.42. The Bertz CT molecular complexity index is 854. The number of hydrogen-bond donors (Lipinski definition) is 0. The Hall–Kier alpha value is -3.20. The quantitative estimate of drug-likeness (QED) is 0.664. The summed E-state index contributed by atoms with van der Waals surface area (Å²) < 4.78 is 5.40. The summed E-state index contributed by atoms with van der Waals surface area (Å²) in [6.07, 6.45) is 1.76. The fraction of sp³-hybridized carbons (Fsp3) is 0.0476. The summed E-state index contributed by atoms with van der Waals surface area (Å²) in [7, 11) is 0. The fourth-order valence-electron chi connectivity index (χ4n) is 2.52. The minimum atomic E-state index is -0.531. The lowest BCUT2D eigenvalue weighted by atomic mass is 10.0. The van der Waals surface area contributed by atoms with Crippen LogP contribution in [0.2, 0.25) is 0 Å². The van der Waals surface area contributed by atoms with Gasteiger partial charge in [0.25, 0.3) is 0 Å². The molecule has 117 valence electrons. The molecule has 3 rings (SSSR count). The summed E-state index contributed by atoms with van der Waals surface area (Å²) in [5, 5.41) is 0. The molecule has 0 fully saturated rings. The van der Waals surface area contributed by atoms with Crippen LogP contribution >= 0.6 is 0 Å². The van der Waals surface area contributed by atoms with Crippen molar-refractivity contribution in [2.24, 2.45) is 0 Å². The molecule has 0 saturated carbocycles. The predicted molar refractivity (Wildman–Crippen MR) is 92.2 cm³/mol. The average molecular weight is 315 g/mol. The normalized spacial score (nSPS) is 10.2. The van der Waals surface area contributed by atoms with E-state index >= 15 is 0 Å². The van der Waals surface area contributed by atoms with Crippen molar-refractivity contribution in [2.45, 2.75) is 6.61 Å². The van der Waals surface area contributed by atoms with E-state index in [0.717, 1.165) is 16.7 Å². The maximum absolute atomic E-state index is 12.2. The number of rotatable bonds is 5. The molecule has 0 bridgehead atoms. The third kappa shape index (κ3) is 3.41. The zero-order valence-corrected chi connectivity index (χ0v) is 12.9. The minimum Gasteiger partial charge on any atom is -0.457 e. The topological polar surface area (TPSA) is 43.4 Å². The highest BCUT2D eigenvalue weighted by Crippen LogP contribution is 2.24. The van der Waals surface area contributed by atoms with Gasteiger partial charge in [0.05, 0.1) is 5.56 Å². The molecule has 0 aliphatic rings. The van der Waals surface area contributed by atoms with E-state index in [0.29, 0.717) is 0 Å². The SMILES string of the molecule is O=[C]c1ccccc1C(=O)OCc1ccccc1-c1ccccc1. The molecule has 1 radical (unpaired) electrons. The van der Waals surface area contributed by atoms with Gasteiger partial charge in [0.2, 0.25) is 6.29 Å². The van der Waals surface area contributed by atoms with Gasteiger partial charge in [-0.1, -0.05) is 72.8 Å². The first-order valence-corrected chi connectivity index (χ1v) is 7.57. The van der Waals surface area contributed by atoms with Crippen LogP contribution in [0.25, 0.3) is 11.1 Å². The van der Waals surface area contributed by atoms with Gasteiger partial charge < -0.3 is 4.74 Å². The summed E-state index contributed by atoms with van der Waals surface area (Å²) in [6, 6.07) is 24.2. The second kappa shape index (κ2) is 7.38. The lowest BCUT2D eigenvalue weighted by Crippen LogP contribution is -2.08.